The minimum atomic E-state index is -3.66. The summed E-state index contributed by atoms with van der Waals surface area (Å²) >= 11 is 7.97. The zero-order valence-corrected chi connectivity index (χ0v) is 21.3. The van der Waals surface area contributed by atoms with Gasteiger partial charge < -0.3 is 9.30 Å². The van der Waals surface area contributed by atoms with Crippen LogP contribution in [-0.4, -0.2) is 48.9 Å². The highest BCUT2D eigenvalue weighted by Gasteiger charge is 2.33. The zero-order chi connectivity index (χ0) is 24.5. The highest BCUT2D eigenvalue weighted by atomic mass is 35.5. The fraction of sp³-hybridized carbons (Fsp3) is 0.381. The molecule has 3 aromatic rings. The van der Waals surface area contributed by atoms with Gasteiger partial charge in [-0.15, -0.1) is 11.3 Å². The molecular weight excluding hydrogens is 525 g/mol. The van der Waals surface area contributed by atoms with Crippen LogP contribution >= 0.6 is 34.3 Å². The quantitative estimate of drug-likeness (QED) is 0.440. The summed E-state index contributed by atoms with van der Waals surface area (Å²) in [6, 6.07) is 7.15. The second-order valence-corrected chi connectivity index (χ2v) is 12.5. The lowest BCUT2D eigenvalue weighted by Crippen LogP contribution is -2.40. The van der Waals surface area contributed by atoms with Crippen molar-refractivity contribution in [3.8, 4) is 0 Å². The monoisotopic (exact) mass is 545 g/mol. The first-order valence-corrected chi connectivity index (χ1v) is 13.9. The summed E-state index contributed by atoms with van der Waals surface area (Å²) in [5, 5.41) is 0. The SMILES string of the molecule is CCOC(=O)Cn1c(=NC(=O)C2CCN(S(=O)(=O)c3ccc(Cl)s3)CC2)sc2cc(F)ccc21. The van der Waals surface area contributed by atoms with Crippen molar-refractivity contribution in [2.45, 2.75) is 30.5 Å². The molecule has 0 spiro atoms. The third-order valence-corrected chi connectivity index (χ3v) is 10.0. The number of carbonyl (C=O) groups is 2. The fourth-order valence-corrected chi connectivity index (χ4v) is 7.88. The van der Waals surface area contributed by atoms with Crippen LogP contribution in [0.3, 0.4) is 0 Å². The maximum absolute atomic E-state index is 13.7. The number of rotatable bonds is 6. The summed E-state index contributed by atoms with van der Waals surface area (Å²) in [6.07, 6.45) is 0.635. The number of amides is 1. The van der Waals surface area contributed by atoms with Gasteiger partial charge in [-0.1, -0.05) is 22.9 Å². The number of ether oxygens (including phenoxy) is 1. The molecular formula is C21H21ClFN3O5S3. The first kappa shape index (κ1) is 25.0. The number of thiophene rings is 1. The Kier molecular flexibility index (Phi) is 7.53. The van der Waals surface area contributed by atoms with Crippen molar-refractivity contribution in [2.75, 3.05) is 19.7 Å². The van der Waals surface area contributed by atoms with E-state index in [0.29, 0.717) is 27.4 Å². The van der Waals surface area contributed by atoms with Gasteiger partial charge in [-0.25, -0.2) is 12.8 Å². The molecule has 13 heteroatoms. The number of benzene rings is 1. The smallest absolute Gasteiger partial charge is 0.326 e. The lowest BCUT2D eigenvalue weighted by Gasteiger charge is -2.29. The van der Waals surface area contributed by atoms with E-state index >= 15 is 0 Å². The fourth-order valence-electron chi connectivity index (χ4n) is 3.71. The molecule has 1 aliphatic rings. The first-order valence-electron chi connectivity index (χ1n) is 10.5. The molecule has 1 saturated heterocycles. The summed E-state index contributed by atoms with van der Waals surface area (Å²) in [6.45, 7) is 2.11. The molecule has 3 heterocycles. The number of nitrogens with zero attached hydrogens (tertiary/aromatic N) is 3. The zero-order valence-electron chi connectivity index (χ0n) is 18.1. The van der Waals surface area contributed by atoms with Gasteiger partial charge in [0.2, 0.25) is 0 Å². The van der Waals surface area contributed by atoms with Crippen molar-refractivity contribution in [2.24, 2.45) is 10.9 Å². The number of aromatic nitrogens is 1. The number of fused-ring (bicyclic) bond motifs is 1. The van der Waals surface area contributed by atoms with Crippen LogP contribution in [-0.2, 0) is 30.9 Å². The van der Waals surface area contributed by atoms with Crippen molar-refractivity contribution < 1.29 is 27.1 Å². The Morgan fingerprint density at radius 1 is 1.21 bits per heavy atom. The number of halogens is 2. The van der Waals surface area contributed by atoms with Gasteiger partial charge in [0.25, 0.3) is 15.9 Å². The van der Waals surface area contributed by atoms with E-state index in [0.717, 1.165) is 22.7 Å². The van der Waals surface area contributed by atoms with E-state index in [2.05, 4.69) is 4.99 Å². The van der Waals surface area contributed by atoms with Gasteiger partial charge >= 0.3 is 5.97 Å². The normalized spacial score (nSPS) is 16.3. The van der Waals surface area contributed by atoms with Gasteiger partial charge in [0, 0.05) is 19.0 Å². The highest BCUT2D eigenvalue weighted by Crippen LogP contribution is 2.31. The Morgan fingerprint density at radius 3 is 2.59 bits per heavy atom. The van der Waals surface area contributed by atoms with Crippen LogP contribution in [0.15, 0.2) is 39.5 Å². The molecule has 0 aliphatic carbocycles. The molecule has 4 rings (SSSR count). The molecule has 1 aromatic carbocycles. The van der Waals surface area contributed by atoms with Crippen LogP contribution in [0.5, 0.6) is 0 Å². The van der Waals surface area contributed by atoms with E-state index in [1.54, 1.807) is 6.92 Å². The largest absolute Gasteiger partial charge is 0.465 e. The van der Waals surface area contributed by atoms with Crippen LogP contribution in [0, 0.1) is 11.7 Å². The van der Waals surface area contributed by atoms with Crippen molar-refractivity contribution in [1.82, 2.24) is 8.87 Å². The van der Waals surface area contributed by atoms with E-state index < -0.39 is 33.6 Å². The molecule has 0 saturated carbocycles. The molecule has 0 unspecified atom stereocenters. The van der Waals surface area contributed by atoms with Crippen LogP contribution in [0.25, 0.3) is 10.2 Å². The summed E-state index contributed by atoms with van der Waals surface area (Å²) < 4.78 is 48.3. The lowest BCUT2D eigenvalue weighted by molar-refractivity contribution is -0.143. The van der Waals surface area contributed by atoms with Gasteiger partial charge in [-0.2, -0.15) is 9.30 Å². The van der Waals surface area contributed by atoms with Crippen LogP contribution < -0.4 is 4.80 Å². The third kappa shape index (κ3) is 5.25. The molecule has 0 bridgehead atoms. The second-order valence-electron chi connectivity index (χ2n) is 7.57. The topological polar surface area (TPSA) is 98.0 Å². The van der Waals surface area contributed by atoms with E-state index in [1.807, 2.05) is 0 Å². The number of hydrogen-bond acceptors (Lipinski definition) is 7. The Morgan fingerprint density at radius 2 is 1.94 bits per heavy atom. The number of piperidine rings is 1. The molecule has 182 valence electrons. The van der Waals surface area contributed by atoms with E-state index in [4.69, 9.17) is 16.3 Å². The average Bonchev–Trinajstić information content (AvgIpc) is 3.38. The summed E-state index contributed by atoms with van der Waals surface area (Å²) in [5.41, 5.74) is 0.571. The minimum absolute atomic E-state index is 0.161. The average molecular weight is 546 g/mol. The molecule has 1 amide bonds. The van der Waals surface area contributed by atoms with Gasteiger partial charge in [0.1, 0.15) is 16.6 Å². The summed E-state index contributed by atoms with van der Waals surface area (Å²) in [4.78, 5) is 29.6. The van der Waals surface area contributed by atoms with E-state index in [9.17, 15) is 22.4 Å². The van der Waals surface area contributed by atoms with Crippen LogP contribution in [0.4, 0.5) is 4.39 Å². The second kappa shape index (κ2) is 10.2. The number of esters is 1. The molecule has 8 nitrogen and oxygen atoms in total. The maximum atomic E-state index is 13.7. The molecule has 2 aromatic heterocycles. The van der Waals surface area contributed by atoms with Gasteiger partial charge in [0.05, 0.1) is 21.2 Å². The Balaban J connectivity index is 1.55. The summed E-state index contributed by atoms with van der Waals surface area (Å²) in [7, 11) is -3.66. The van der Waals surface area contributed by atoms with Crippen molar-refractivity contribution in [3.05, 3.63) is 45.3 Å². The Labute approximate surface area is 208 Å². The standard InChI is InChI=1S/C21H21ClFN3O5S3/c1-2-31-18(27)12-26-15-4-3-14(23)11-16(15)32-21(26)24-20(28)13-7-9-25(10-8-13)34(29,30)19-6-5-17(22)33-19/h3-6,11,13H,2,7-10,12H2,1H3. The predicted molar refractivity (Wildman–Crippen MR) is 128 cm³/mol. The third-order valence-electron chi connectivity index (χ3n) is 5.39. The minimum Gasteiger partial charge on any atom is -0.465 e. The van der Waals surface area contributed by atoms with Gasteiger partial charge in [0.15, 0.2) is 4.80 Å². The van der Waals surface area contributed by atoms with Crippen molar-refractivity contribution >= 4 is 66.4 Å². The van der Waals surface area contributed by atoms with Crippen LogP contribution in [0.1, 0.15) is 19.8 Å². The van der Waals surface area contributed by atoms with Crippen molar-refractivity contribution in [3.63, 3.8) is 0 Å². The predicted octanol–water partition coefficient (Wildman–Crippen LogP) is 3.65. The summed E-state index contributed by atoms with van der Waals surface area (Å²) in [5.74, 6) is -1.79. The Bertz CT molecular complexity index is 1400. The number of hydrogen-bond donors (Lipinski definition) is 0. The molecule has 0 N–H and O–H groups in total. The first-order chi connectivity index (χ1) is 16.2. The maximum Gasteiger partial charge on any atom is 0.326 e. The van der Waals surface area contributed by atoms with E-state index in [-0.39, 0.29) is 35.3 Å². The molecule has 1 aliphatic heterocycles. The molecule has 0 atom stereocenters. The van der Waals surface area contributed by atoms with Gasteiger partial charge in [-0.05, 0) is 50.1 Å². The molecule has 0 radical (unpaired) electrons. The lowest BCUT2D eigenvalue weighted by atomic mass is 9.98. The molecule has 34 heavy (non-hydrogen) atoms. The number of thiazole rings is 1. The Hall–Kier alpha value is -2.12. The number of carbonyl (C=O) groups excluding carboxylic acids is 2. The van der Waals surface area contributed by atoms with Gasteiger partial charge in [-0.3, -0.25) is 9.59 Å². The van der Waals surface area contributed by atoms with Crippen molar-refractivity contribution in [1.29, 1.82) is 0 Å². The highest BCUT2D eigenvalue weighted by molar-refractivity contribution is 7.91. The van der Waals surface area contributed by atoms with Crippen LogP contribution in [0.2, 0.25) is 4.34 Å². The number of sulfonamides is 1. The van der Waals surface area contributed by atoms with E-state index in [1.165, 1.54) is 39.2 Å². The molecule has 1 fully saturated rings.